The highest BCUT2D eigenvalue weighted by atomic mass is 35.5. The first-order valence-corrected chi connectivity index (χ1v) is 4.49. The van der Waals surface area contributed by atoms with Gasteiger partial charge in [-0.15, -0.1) is 0 Å². The molecule has 0 aliphatic carbocycles. The van der Waals surface area contributed by atoms with E-state index in [1.54, 1.807) is 0 Å². The lowest BCUT2D eigenvalue weighted by Gasteiger charge is -2.24. The minimum atomic E-state index is -1.22. The maximum Gasteiger partial charge on any atom is 0.311 e. The quantitative estimate of drug-likeness (QED) is 0.511. The molecule has 1 fully saturated rings. The molecule has 0 saturated carbocycles. The van der Waals surface area contributed by atoms with Gasteiger partial charge in [0.1, 0.15) is 6.42 Å². The second kappa shape index (κ2) is 4.72. The van der Waals surface area contributed by atoms with Gasteiger partial charge in [0.25, 0.3) is 0 Å². The van der Waals surface area contributed by atoms with E-state index in [9.17, 15) is 9.59 Å². The summed E-state index contributed by atoms with van der Waals surface area (Å²) in [5.74, 6) is -1.71. The van der Waals surface area contributed by atoms with E-state index in [2.05, 4.69) is 4.74 Å². The molecular weight excluding hydrogens is 212 g/mol. The van der Waals surface area contributed by atoms with E-state index in [4.69, 9.17) is 21.1 Å². The minimum Gasteiger partial charge on any atom is -0.469 e. The molecule has 0 unspecified atom stereocenters. The van der Waals surface area contributed by atoms with Gasteiger partial charge in [0.15, 0.2) is 5.79 Å². The van der Waals surface area contributed by atoms with Crippen LogP contribution in [0.5, 0.6) is 0 Å². The highest BCUT2D eigenvalue weighted by Gasteiger charge is 2.41. The molecule has 6 heteroatoms. The summed E-state index contributed by atoms with van der Waals surface area (Å²) in [5, 5.41) is -0.601. The molecule has 80 valence electrons. The van der Waals surface area contributed by atoms with Crippen molar-refractivity contribution in [1.82, 2.24) is 0 Å². The number of esters is 1. The Morgan fingerprint density at radius 1 is 1.36 bits per heavy atom. The van der Waals surface area contributed by atoms with Crippen LogP contribution < -0.4 is 0 Å². The van der Waals surface area contributed by atoms with Crippen LogP contribution in [0.1, 0.15) is 12.8 Å². The van der Waals surface area contributed by atoms with Crippen LogP contribution in [0.2, 0.25) is 0 Å². The number of methoxy groups -OCH3 is 1. The van der Waals surface area contributed by atoms with Crippen LogP contribution in [0.25, 0.3) is 0 Å². The molecule has 0 aromatic rings. The Labute approximate surface area is 86.3 Å². The van der Waals surface area contributed by atoms with Gasteiger partial charge in [0, 0.05) is 0 Å². The molecule has 0 aromatic heterocycles. The van der Waals surface area contributed by atoms with Gasteiger partial charge >= 0.3 is 5.97 Å². The lowest BCUT2D eigenvalue weighted by atomic mass is 10.1. The van der Waals surface area contributed by atoms with Crippen molar-refractivity contribution < 1.29 is 23.8 Å². The molecule has 0 N–H and O–H groups in total. The second-order valence-electron chi connectivity index (χ2n) is 2.89. The van der Waals surface area contributed by atoms with Crippen molar-refractivity contribution in [3.63, 3.8) is 0 Å². The van der Waals surface area contributed by atoms with Crippen molar-refractivity contribution in [2.75, 3.05) is 20.3 Å². The average molecular weight is 223 g/mol. The molecule has 0 atom stereocenters. The van der Waals surface area contributed by atoms with Gasteiger partial charge < -0.3 is 14.2 Å². The SMILES string of the molecule is COC(=O)CC1(CC(=O)Cl)OCCO1. The van der Waals surface area contributed by atoms with Crippen molar-refractivity contribution in [2.24, 2.45) is 0 Å². The van der Waals surface area contributed by atoms with E-state index in [0.717, 1.165) is 0 Å². The van der Waals surface area contributed by atoms with Gasteiger partial charge in [0.05, 0.1) is 26.7 Å². The average Bonchev–Trinajstić information content (AvgIpc) is 2.51. The summed E-state index contributed by atoms with van der Waals surface area (Å²) in [7, 11) is 1.26. The summed E-state index contributed by atoms with van der Waals surface area (Å²) >= 11 is 5.22. The van der Waals surface area contributed by atoms with Gasteiger partial charge in [-0.2, -0.15) is 0 Å². The third-order valence-corrected chi connectivity index (χ3v) is 2.00. The molecular formula is C8H11ClO5. The summed E-state index contributed by atoms with van der Waals surface area (Å²) in [6, 6.07) is 0. The molecule has 14 heavy (non-hydrogen) atoms. The Balaban J connectivity index is 2.61. The summed E-state index contributed by atoms with van der Waals surface area (Å²) in [6.45, 7) is 0.697. The molecule has 1 rings (SSSR count). The van der Waals surface area contributed by atoms with Crippen LogP contribution in [0, 0.1) is 0 Å². The largest absolute Gasteiger partial charge is 0.469 e. The van der Waals surface area contributed by atoms with Gasteiger partial charge in [-0.1, -0.05) is 0 Å². The molecule has 1 aliphatic rings. The Bertz CT molecular complexity index is 234. The third kappa shape index (κ3) is 2.94. The first-order valence-electron chi connectivity index (χ1n) is 4.11. The van der Waals surface area contributed by atoms with E-state index in [1.165, 1.54) is 7.11 Å². The normalized spacial score (nSPS) is 19.3. The van der Waals surface area contributed by atoms with E-state index in [-0.39, 0.29) is 12.8 Å². The first-order chi connectivity index (χ1) is 6.58. The van der Waals surface area contributed by atoms with Gasteiger partial charge in [-0.3, -0.25) is 9.59 Å². The predicted octanol–water partition coefficient (Wildman–Crippen LogP) is 0.448. The molecule has 1 aliphatic heterocycles. The number of ether oxygens (including phenoxy) is 3. The fraction of sp³-hybridized carbons (Fsp3) is 0.750. The fourth-order valence-corrected chi connectivity index (χ4v) is 1.47. The topological polar surface area (TPSA) is 61.8 Å². The van der Waals surface area contributed by atoms with Gasteiger partial charge in [-0.25, -0.2) is 0 Å². The standard InChI is InChI=1S/C8H11ClO5/c1-12-7(11)5-8(4-6(9)10)13-2-3-14-8/h2-5H2,1H3. The van der Waals surface area contributed by atoms with Crippen LogP contribution >= 0.6 is 11.6 Å². The van der Waals surface area contributed by atoms with Crippen LogP contribution in [-0.4, -0.2) is 37.3 Å². The van der Waals surface area contributed by atoms with Gasteiger partial charge in [0.2, 0.25) is 5.24 Å². The van der Waals surface area contributed by atoms with E-state index >= 15 is 0 Å². The zero-order chi connectivity index (χ0) is 10.6. The van der Waals surface area contributed by atoms with Crippen LogP contribution in [-0.2, 0) is 23.8 Å². The summed E-state index contributed by atoms with van der Waals surface area (Å²) < 4.78 is 14.9. The van der Waals surface area contributed by atoms with E-state index in [1.807, 2.05) is 0 Å². The lowest BCUT2D eigenvalue weighted by molar-refractivity contribution is -0.183. The smallest absolute Gasteiger partial charge is 0.311 e. The van der Waals surface area contributed by atoms with Crippen molar-refractivity contribution in [2.45, 2.75) is 18.6 Å². The maximum atomic E-state index is 11.0. The zero-order valence-electron chi connectivity index (χ0n) is 7.75. The van der Waals surface area contributed by atoms with Crippen LogP contribution in [0.4, 0.5) is 0 Å². The number of carbonyl (C=O) groups excluding carboxylic acids is 2. The Kier molecular flexibility index (Phi) is 3.86. The molecule has 5 nitrogen and oxygen atoms in total. The third-order valence-electron chi connectivity index (χ3n) is 1.86. The van der Waals surface area contributed by atoms with E-state index in [0.29, 0.717) is 13.2 Å². The second-order valence-corrected chi connectivity index (χ2v) is 3.31. The highest BCUT2D eigenvalue weighted by Crippen LogP contribution is 2.28. The number of rotatable bonds is 4. The molecule has 1 saturated heterocycles. The monoisotopic (exact) mass is 222 g/mol. The molecule has 0 aromatic carbocycles. The number of carbonyl (C=O) groups is 2. The lowest BCUT2D eigenvalue weighted by Crippen LogP contribution is -2.35. The van der Waals surface area contributed by atoms with Crippen molar-refractivity contribution >= 4 is 22.8 Å². The fourth-order valence-electron chi connectivity index (χ4n) is 1.27. The summed E-state index contributed by atoms with van der Waals surface area (Å²) in [6.07, 6.45) is -0.272. The number of halogens is 1. The molecule has 0 spiro atoms. The minimum absolute atomic E-state index is 0.123. The molecule has 1 heterocycles. The number of hydrogen-bond donors (Lipinski definition) is 0. The van der Waals surface area contributed by atoms with Crippen molar-refractivity contribution in [3.05, 3.63) is 0 Å². The Morgan fingerprint density at radius 3 is 2.36 bits per heavy atom. The van der Waals surface area contributed by atoms with Crippen LogP contribution in [0.3, 0.4) is 0 Å². The molecule has 0 bridgehead atoms. The number of hydrogen-bond acceptors (Lipinski definition) is 5. The Morgan fingerprint density at radius 2 is 1.93 bits per heavy atom. The maximum absolute atomic E-state index is 11.0. The summed E-state index contributed by atoms with van der Waals surface area (Å²) in [5.41, 5.74) is 0. The van der Waals surface area contributed by atoms with E-state index < -0.39 is 17.0 Å². The Hall–Kier alpha value is -0.650. The van der Waals surface area contributed by atoms with Crippen molar-refractivity contribution in [1.29, 1.82) is 0 Å². The van der Waals surface area contributed by atoms with Gasteiger partial charge in [-0.05, 0) is 11.6 Å². The first kappa shape index (κ1) is 11.4. The molecule has 0 amide bonds. The predicted molar refractivity (Wildman–Crippen MR) is 46.7 cm³/mol. The van der Waals surface area contributed by atoms with Crippen LogP contribution in [0.15, 0.2) is 0 Å². The van der Waals surface area contributed by atoms with Crippen molar-refractivity contribution in [3.8, 4) is 0 Å². The molecule has 0 radical (unpaired) electrons. The summed E-state index contributed by atoms with van der Waals surface area (Å²) in [4.78, 5) is 21.7. The zero-order valence-corrected chi connectivity index (χ0v) is 8.50. The highest BCUT2D eigenvalue weighted by molar-refractivity contribution is 6.63.